The van der Waals surface area contributed by atoms with Crippen LogP contribution in [0.4, 0.5) is 0 Å². The monoisotopic (exact) mass is 277 g/mol. The molecule has 0 spiro atoms. The van der Waals surface area contributed by atoms with Gasteiger partial charge in [-0.3, -0.25) is 0 Å². The van der Waals surface area contributed by atoms with Crippen LogP contribution in [0.5, 0.6) is 0 Å². The standard InChI is InChI=1S/C13H27NO3S/c1-11(2)8-9-18(16,17)14(3)13-6-4-12(10-15)5-7-13/h11-13,15H,4-10H2,1-3H3. The Labute approximate surface area is 111 Å². The SMILES string of the molecule is CC(C)CCS(=O)(=O)N(C)C1CCC(CO)CC1. The summed E-state index contributed by atoms with van der Waals surface area (Å²) in [4.78, 5) is 0. The maximum absolute atomic E-state index is 12.2. The zero-order valence-electron chi connectivity index (χ0n) is 11.8. The van der Waals surface area contributed by atoms with Crippen LogP contribution in [0.2, 0.25) is 0 Å². The molecule has 0 aromatic rings. The lowest BCUT2D eigenvalue weighted by molar-refractivity contribution is 0.159. The van der Waals surface area contributed by atoms with Gasteiger partial charge in [0.15, 0.2) is 0 Å². The molecule has 1 aliphatic rings. The normalized spacial score (nSPS) is 25.9. The zero-order valence-corrected chi connectivity index (χ0v) is 12.6. The molecule has 1 N–H and O–H groups in total. The largest absolute Gasteiger partial charge is 0.396 e. The van der Waals surface area contributed by atoms with Gasteiger partial charge in [0.05, 0.1) is 5.75 Å². The van der Waals surface area contributed by atoms with Crippen LogP contribution in [0.3, 0.4) is 0 Å². The van der Waals surface area contributed by atoms with Gasteiger partial charge >= 0.3 is 0 Å². The minimum absolute atomic E-state index is 0.130. The van der Waals surface area contributed by atoms with E-state index in [4.69, 9.17) is 5.11 Å². The molecule has 0 aromatic carbocycles. The molecule has 18 heavy (non-hydrogen) atoms. The molecule has 0 unspecified atom stereocenters. The van der Waals surface area contributed by atoms with Crippen LogP contribution in [0.1, 0.15) is 46.0 Å². The second kappa shape index (κ2) is 6.87. The predicted octanol–water partition coefficient (Wildman–Crippen LogP) is 1.85. The van der Waals surface area contributed by atoms with Crippen LogP contribution in [-0.4, -0.2) is 43.3 Å². The van der Waals surface area contributed by atoms with E-state index in [1.807, 2.05) is 13.8 Å². The van der Waals surface area contributed by atoms with E-state index < -0.39 is 10.0 Å². The summed E-state index contributed by atoms with van der Waals surface area (Å²) in [7, 11) is -1.40. The maximum Gasteiger partial charge on any atom is 0.214 e. The molecule has 0 bridgehead atoms. The summed E-state index contributed by atoms with van der Waals surface area (Å²) >= 11 is 0. The van der Waals surface area contributed by atoms with Crippen LogP contribution >= 0.6 is 0 Å². The Morgan fingerprint density at radius 1 is 1.22 bits per heavy atom. The molecule has 0 radical (unpaired) electrons. The number of sulfonamides is 1. The lowest BCUT2D eigenvalue weighted by Crippen LogP contribution is -2.41. The molecule has 0 aliphatic heterocycles. The molecule has 1 fully saturated rings. The fourth-order valence-corrected chi connectivity index (χ4v) is 4.17. The second-order valence-electron chi connectivity index (χ2n) is 5.87. The van der Waals surface area contributed by atoms with Gasteiger partial charge in [-0.15, -0.1) is 0 Å². The highest BCUT2D eigenvalue weighted by molar-refractivity contribution is 7.89. The third kappa shape index (κ3) is 4.52. The van der Waals surface area contributed by atoms with Crippen molar-refractivity contribution in [2.24, 2.45) is 11.8 Å². The first-order valence-electron chi connectivity index (χ1n) is 6.93. The third-order valence-corrected chi connectivity index (χ3v) is 5.91. The molecule has 0 amide bonds. The Morgan fingerprint density at radius 3 is 2.22 bits per heavy atom. The molecule has 1 rings (SSSR count). The van der Waals surface area contributed by atoms with Gasteiger partial charge in [0, 0.05) is 19.7 Å². The van der Waals surface area contributed by atoms with Crippen molar-refractivity contribution in [3.05, 3.63) is 0 Å². The predicted molar refractivity (Wildman–Crippen MR) is 73.8 cm³/mol. The molecule has 0 saturated heterocycles. The number of hydrogen-bond donors (Lipinski definition) is 1. The summed E-state index contributed by atoms with van der Waals surface area (Å²) in [6.45, 7) is 4.32. The zero-order chi connectivity index (χ0) is 13.8. The fraction of sp³-hybridized carbons (Fsp3) is 1.00. The summed E-state index contributed by atoms with van der Waals surface area (Å²) in [6, 6.07) is 0.130. The van der Waals surface area contributed by atoms with Crippen LogP contribution in [0.15, 0.2) is 0 Å². The summed E-state index contributed by atoms with van der Waals surface area (Å²) in [6.07, 6.45) is 4.35. The van der Waals surface area contributed by atoms with Crippen molar-refractivity contribution < 1.29 is 13.5 Å². The van der Waals surface area contributed by atoms with E-state index in [0.29, 0.717) is 11.8 Å². The van der Waals surface area contributed by atoms with Gasteiger partial charge in [0.25, 0.3) is 0 Å². The van der Waals surface area contributed by atoms with E-state index in [0.717, 1.165) is 32.1 Å². The molecule has 4 nitrogen and oxygen atoms in total. The third-order valence-electron chi connectivity index (χ3n) is 3.98. The van der Waals surface area contributed by atoms with Gasteiger partial charge in [-0.25, -0.2) is 12.7 Å². The molecule has 1 saturated carbocycles. The molecule has 0 aromatic heterocycles. The molecule has 108 valence electrons. The van der Waals surface area contributed by atoms with Gasteiger partial charge in [0.1, 0.15) is 0 Å². The van der Waals surface area contributed by atoms with Crippen molar-refractivity contribution in [2.75, 3.05) is 19.4 Å². The lowest BCUT2D eigenvalue weighted by atomic mass is 9.87. The minimum atomic E-state index is -3.11. The Morgan fingerprint density at radius 2 is 1.78 bits per heavy atom. The van der Waals surface area contributed by atoms with Gasteiger partial charge < -0.3 is 5.11 Å². The first-order valence-corrected chi connectivity index (χ1v) is 8.54. The van der Waals surface area contributed by atoms with Crippen molar-refractivity contribution in [1.82, 2.24) is 4.31 Å². The van der Waals surface area contributed by atoms with Crippen LogP contribution < -0.4 is 0 Å². The number of rotatable bonds is 6. The van der Waals surface area contributed by atoms with Crippen molar-refractivity contribution in [3.8, 4) is 0 Å². The van der Waals surface area contributed by atoms with E-state index in [2.05, 4.69) is 0 Å². The first kappa shape index (κ1) is 15.9. The smallest absolute Gasteiger partial charge is 0.214 e. The maximum atomic E-state index is 12.2. The fourth-order valence-electron chi connectivity index (χ4n) is 2.45. The number of nitrogens with zero attached hydrogens (tertiary/aromatic N) is 1. The van der Waals surface area contributed by atoms with Crippen molar-refractivity contribution in [3.63, 3.8) is 0 Å². The average molecular weight is 277 g/mol. The number of hydrogen-bond acceptors (Lipinski definition) is 3. The van der Waals surface area contributed by atoms with E-state index in [1.54, 1.807) is 11.4 Å². The van der Waals surface area contributed by atoms with Gasteiger partial charge in [0.2, 0.25) is 10.0 Å². The first-order chi connectivity index (χ1) is 8.36. The average Bonchev–Trinajstić information content (AvgIpc) is 2.36. The molecular formula is C13H27NO3S. The Kier molecular flexibility index (Phi) is 6.08. The molecule has 0 heterocycles. The summed E-state index contributed by atoms with van der Waals surface area (Å²) in [5.41, 5.74) is 0. The van der Waals surface area contributed by atoms with Gasteiger partial charge in [-0.2, -0.15) is 0 Å². The molecular weight excluding hydrogens is 250 g/mol. The summed E-state index contributed by atoms with van der Waals surface area (Å²) < 4.78 is 25.9. The number of aliphatic hydroxyl groups is 1. The lowest BCUT2D eigenvalue weighted by Gasteiger charge is -2.33. The van der Waals surface area contributed by atoms with Crippen LogP contribution in [0.25, 0.3) is 0 Å². The Balaban J connectivity index is 2.51. The Hall–Kier alpha value is -0.130. The highest BCUT2D eigenvalue weighted by atomic mass is 32.2. The van der Waals surface area contributed by atoms with Crippen LogP contribution in [-0.2, 0) is 10.0 Å². The van der Waals surface area contributed by atoms with E-state index in [-0.39, 0.29) is 18.4 Å². The minimum Gasteiger partial charge on any atom is -0.396 e. The molecule has 0 atom stereocenters. The quantitative estimate of drug-likeness (QED) is 0.806. The van der Waals surface area contributed by atoms with Crippen molar-refractivity contribution in [1.29, 1.82) is 0 Å². The second-order valence-corrected chi connectivity index (χ2v) is 8.02. The highest BCUT2D eigenvalue weighted by Gasteiger charge is 2.29. The van der Waals surface area contributed by atoms with Gasteiger partial charge in [-0.1, -0.05) is 13.8 Å². The number of aliphatic hydroxyl groups excluding tert-OH is 1. The molecule has 1 aliphatic carbocycles. The topological polar surface area (TPSA) is 57.6 Å². The summed E-state index contributed by atoms with van der Waals surface area (Å²) in [5.74, 6) is 1.03. The van der Waals surface area contributed by atoms with E-state index in [9.17, 15) is 8.42 Å². The van der Waals surface area contributed by atoms with Gasteiger partial charge in [-0.05, 0) is 43.9 Å². The molecule has 5 heteroatoms. The Bertz CT molecular complexity index is 332. The van der Waals surface area contributed by atoms with E-state index in [1.165, 1.54) is 0 Å². The van der Waals surface area contributed by atoms with E-state index >= 15 is 0 Å². The van der Waals surface area contributed by atoms with Crippen molar-refractivity contribution in [2.45, 2.75) is 52.0 Å². The summed E-state index contributed by atoms with van der Waals surface area (Å²) in [5, 5.41) is 9.09. The van der Waals surface area contributed by atoms with Crippen molar-refractivity contribution >= 4 is 10.0 Å². The van der Waals surface area contributed by atoms with Crippen LogP contribution in [0, 0.1) is 11.8 Å². The highest BCUT2D eigenvalue weighted by Crippen LogP contribution is 2.28.